The van der Waals surface area contributed by atoms with Crippen molar-refractivity contribution in [1.29, 1.82) is 0 Å². The molecule has 2 nitrogen and oxygen atoms in total. The summed E-state index contributed by atoms with van der Waals surface area (Å²) >= 11 is 3.96. The molecule has 0 bridgehead atoms. The van der Waals surface area contributed by atoms with E-state index in [0.717, 1.165) is 0 Å². The van der Waals surface area contributed by atoms with Crippen molar-refractivity contribution in [3.63, 3.8) is 0 Å². The molecule has 0 saturated carbocycles. The molecule has 4 heteroatoms. The molecule has 1 aromatic carbocycles. The first-order valence-corrected chi connectivity index (χ1v) is 3.18. The number of thiol groups is 1. The Morgan fingerprint density at radius 1 is 1.36 bits per heavy atom. The van der Waals surface area contributed by atoms with E-state index in [4.69, 9.17) is 5.11 Å². The maximum absolute atomic E-state index is 10.4. The van der Waals surface area contributed by atoms with Gasteiger partial charge in [-0.05, 0) is 12.1 Å². The molecule has 0 saturated heterocycles. The molecule has 0 aliphatic heterocycles. The average molecular weight is 177 g/mol. The van der Waals surface area contributed by atoms with Crippen molar-refractivity contribution in [3.8, 4) is 0 Å². The Hall–Kier alpha value is 0.0400. The molecule has 1 aromatic rings. The van der Waals surface area contributed by atoms with E-state index in [2.05, 4.69) is 12.6 Å². The molecule has 0 atom stereocenters. The molecule has 0 heterocycles. The van der Waals surface area contributed by atoms with Gasteiger partial charge >= 0.3 is 5.97 Å². The van der Waals surface area contributed by atoms with Crippen LogP contribution in [0.15, 0.2) is 29.2 Å². The topological polar surface area (TPSA) is 37.3 Å². The van der Waals surface area contributed by atoms with E-state index >= 15 is 0 Å². The van der Waals surface area contributed by atoms with Crippen molar-refractivity contribution in [3.05, 3.63) is 29.8 Å². The Morgan fingerprint density at radius 3 is 2.27 bits per heavy atom. The van der Waals surface area contributed by atoms with Gasteiger partial charge in [-0.25, -0.2) is 4.79 Å². The molecule has 1 rings (SSSR count). The van der Waals surface area contributed by atoms with Crippen LogP contribution in [0, 0.1) is 0 Å². The number of aromatic carboxylic acids is 1. The van der Waals surface area contributed by atoms with Gasteiger partial charge in [0, 0.05) is 34.5 Å². The second-order valence-corrected chi connectivity index (χ2v) is 2.30. The molecule has 0 aromatic heterocycles. The Bertz CT molecular complexity index is 262. The van der Waals surface area contributed by atoms with Crippen LogP contribution in [0.5, 0.6) is 0 Å². The van der Waals surface area contributed by atoms with E-state index in [1.807, 2.05) is 0 Å². The monoisotopic (exact) mass is 177 g/mol. The zero-order chi connectivity index (χ0) is 7.56. The fourth-order valence-electron chi connectivity index (χ4n) is 0.654. The zero-order valence-electron chi connectivity index (χ0n) is 6.11. The maximum Gasteiger partial charge on any atom is 0.336 e. The minimum absolute atomic E-state index is 0. The van der Waals surface area contributed by atoms with E-state index in [-0.39, 0.29) is 35.1 Å². The van der Waals surface area contributed by atoms with Gasteiger partial charge in [-0.3, -0.25) is 0 Å². The quantitative estimate of drug-likeness (QED) is 0.501. The number of rotatable bonds is 1. The van der Waals surface area contributed by atoms with Gasteiger partial charge in [0.25, 0.3) is 0 Å². The third kappa shape index (κ3) is 2.87. The van der Waals surface area contributed by atoms with Crippen molar-refractivity contribution in [2.24, 2.45) is 0 Å². The normalized spacial score (nSPS) is 8.45. The molecule has 0 amide bonds. The van der Waals surface area contributed by atoms with E-state index < -0.39 is 5.97 Å². The summed E-state index contributed by atoms with van der Waals surface area (Å²) in [5.41, 5.74) is 0.242. The zero-order valence-corrected chi connectivity index (χ0v) is 9.01. The Morgan fingerprint density at radius 2 is 1.91 bits per heavy atom. The van der Waals surface area contributed by atoms with E-state index in [1.165, 1.54) is 6.07 Å². The van der Waals surface area contributed by atoms with Gasteiger partial charge in [-0.1, -0.05) is 12.1 Å². The molecule has 1 radical (unpaired) electrons. The van der Waals surface area contributed by atoms with Crippen molar-refractivity contribution in [2.45, 2.75) is 4.90 Å². The second-order valence-electron chi connectivity index (χ2n) is 1.82. The number of carboxylic acids is 1. The molecular formula is C7H6NaO2S. The van der Waals surface area contributed by atoms with Crippen LogP contribution >= 0.6 is 12.6 Å². The van der Waals surface area contributed by atoms with E-state index in [1.54, 1.807) is 18.2 Å². The average Bonchev–Trinajstić information content (AvgIpc) is 1.88. The van der Waals surface area contributed by atoms with Crippen molar-refractivity contribution in [2.75, 3.05) is 0 Å². The van der Waals surface area contributed by atoms with Crippen LogP contribution in [-0.2, 0) is 0 Å². The summed E-state index contributed by atoms with van der Waals surface area (Å²) in [5, 5.41) is 8.52. The first kappa shape index (κ1) is 11.0. The predicted molar refractivity (Wildman–Crippen MR) is 46.4 cm³/mol. The van der Waals surface area contributed by atoms with E-state index in [0.29, 0.717) is 4.90 Å². The molecule has 1 N–H and O–H groups in total. The van der Waals surface area contributed by atoms with Gasteiger partial charge < -0.3 is 5.11 Å². The van der Waals surface area contributed by atoms with Crippen LogP contribution in [0.2, 0.25) is 0 Å². The second kappa shape index (κ2) is 4.83. The summed E-state index contributed by atoms with van der Waals surface area (Å²) in [7, 11) is 0. The van der Waals surface area contributed by atoms with Crippen LogP contribution in [-0.4, -0.2) is 40.6 Å². The number of carbonyl (C=O) groups is 1. The van der Waals surface area contributed by atoms with Crippen LogP contribution < -0.4 is 0 Å². The molecule has 53 valence electrons. The SMILES string of the molecule is O=C(O)c1ccccc1S.[Na]. The molecule has 0 aliphatic carbocycles. The van der Waals surface area contributed by atoms with Crippen LogP contribution in [0.4, 0.5) is 0 Å². The largest absolute Gasteiger partial charge is 0.478 e. The van der Waals surface area contributed by atoms with E-state index in [9.17, 15) is 4.79 Å². The van der Waals surface area contributed by atoms with Crippen molar-refractivity contribution >= 4 is 48.2 Å². The maximum atomic E-state index is 10.4. The van der Waals surface area contributed by atoms with Gasteiger partial charge in [0.15, 0.2) is 0 Å². The molecule has 11 heavy (non-hydrogen) atoms. The summed E-state index contributed by atoms with van der Waals surface area (Å²) in [5.74, 6) is -0.939. The summed E-state index contributed by atoms with van der Waals surface area (Å²) in [6, 6.07) is 6.58. The van der Waals surface area contributed by atoms with Crippen molar-refractivity contribution < 1.29 is 9.90 Å². The fourth-order valence-corrected chi connectivity index (χ4v) is 0.911. The fraction of sp³-hybridized carbons (Fsp3) is 0. The summed E-state index contributed by atoms with van der Waals surface area (Å²) in [6.07, 6.45) is 0. The van der Waals surface area contributed by atoms with Gasteiger partial charge in [-0.2, -0.15) is 0 Å². The smallest absolute Gasteiger partial charge is 0.336 e. The Balaban J connectivity index is 0.000001000. The summed E-state index contributed by atoms with van der Waals surface area (Å²) in [4.78, 5) is 10.9. The number of hydrogen-bond donors (Lipinski definition) is 2. The Kier molecular flexibility index (Phi) is 4.84. The molecule has 0 aliphatic rings. The number of carboxylic acid groups (broad SMARTS) is 1. The summed E-state index contributed by atoms with van der Waals surface area (Å²) in [6.45, 7) is 0. The minimum Gasteiger partial charge on any atom is -0.478 e. The minimum atomic E-state index is -0.939. The van der Waals surface area contributed by atoms with Crippen LogP contribution in [0.1, 0.15) is 10.4 Å². The van der Waals surface area contributed by atoms with Gasteiger partial charge in [0.1, 0.15) is 0 Å². The Labute approximate surface area is 92.3 Å². The molecule has 0 spiro atoms. The van der Waals surface area contributed by atoms with Crippen LogP contribution in [0.3, 0.4) is 0 Å². The van der Waals surface area contributed by atoms with Gasteiger partial charge in [0.05, 0.1) is 5.56 Å². The standard InChI is InChI=1S/C7H6O2S.Na/c8-7(9)5-3-1-2-4-6(5)10;/h1-4,10H,(H,8,9);. The van der Waals surface area contributed by atoms with Gasteiger partial charge in [0.2, 0.25) is 0 Å². The van der Waals surface area contributed by atoms with Crippen LogP contribution in [0.25, 0.3) is 0 Å². The van der Waals surface area contributed by atoms with Crippen molar-refractivity contribution in [1.82, 2.24) is 0 Å². The third-order valence-corrected chi connectivity index (χ3v) is 1.52. The van der Waals surface area contributed by atoms with Gasteiger partial charge in [-0.15, -0.1) is 12.6 Å². The first-order valence-electron chi connectivity index (χ1n) is 2.73. The first-order chi connectivity index (χ1) is 4.72. The molecule has 0 unspecified atom stereocenters. The molecule has 0 fully saturated rings. The summed E-state index contributed by atoms with van der Waals surface area (Å²) < 4.78 is 0. The third-order valence-electron chi connectivity index (χ3n) is 1.13. The molecular weight excluding hydrogens is 171 g/mol. The predicted octanol–water partition coefficient (Wildman–Crippen LogP) is 1.29. The number of hydrogen-bond acceptors (Lipinski definition) is 2. The number of benzene rings is 1.